The molecule has 140 valence electrons. The number of aromatic nitrogens is 2. The molecule has 0 atom stereocenters. The highest BCUT2D eigenvalue weighted by Gasteiger charge is 2.49. The number of amides is 1. The first-order valence-electron chi connectivity index (χ1n) is 9.03. The molecule has 0 radical (unpaired) electrons. The van der Waals surface area contributed by atoms with E-state index < -0.39 is 14.6 Å². The SMILES string of the molecule is Cn1c(=O)[nH]c2ccc(C(=O)N3CCS(=O)(=O)C4(CCCCC4)C3)cc21. The van der Waals surface area contributed by atoms with Crippen LogP contribution in [0.4, 0.5) is 0 Å². The maximum absolute atomic E-state index is 13.0. The standard InChI is InChI=1S/C18H23N3O4S/c1-20-15-11-13(5-6-14(15)19-17(20)23)16(22)21-9-10-26(24,25)18(12-21)7-3-2-4-8-18/h5-6,11H,2-4,7-10,12H2,1H3,(H,19,23). The Morgan fingerprint density at radius 3 is 2.65 bits per heavy atom. The van der Waals surface area contributed by atoms with E-state index in [4.69, 9.17) is 0 Å². The molecule has 1 aliphatic heterocycles. The van der Waals surface area contributed by atoms with E-state index in [1.807, 2.05) is 0 Å². The lowest BCUT2D eigenvalue weighted by molar-refractivity contribution is 0.0723. The first-order valence-corrected chi connectivity index (χ1v) is 10.7. The Bertz CT molecular complexity index is 1030. The normalized spacial score (nSPS) is 22.0. The van der Waals surface area contributed by atoms with Gasteiger partial charge < -0.3 is 9.88 Å². The number of aromatic amines is 1. The molecule has 4 rings (SSSR count). The van der Waals surface area contributed by atoms with Crippen LogP contribution in [0, 0.1) is 0 Å². The van der Waals surface area contributed by atoms with E-state index in [2.05, 4.69) is 4.98 Å². The number of carbonyl (C=O) groups excluding carboxylic acids is 1. The van der Waals surface area contributed by atoms with E-state index in [0.29, 0.717) is 29.4 Å². The van der Waals surface area contributed by atoms with Crippen LogP contribution >= 0.6 is 0 Å². The molecule has 2 aromatic rings. The van der Waals surface area contributed by atoms with E-state index in [0.717, 1.165) is 19.3 Å². The average Bonchev–Trinajstić information content (AvgIpc) is 2.92. The molecule has 0 bridgehead atoms. The van der Waals surface area contributed by atoms with Crippen LogP contribution in [0.15, 0.2) is 23.0 Å². The number of hydrogen-bond donors (Lipinski definition) is 1. The van der Waals surface area contributed by atoms with Gasteiger partial charge in [0.2, 0.25) is 0 Å². The summed E-state index contributed by atoms with van der Waals surface area (Å²) in [5, 5.41) is 0. The Morgan fingerprint density at radius 1 is 1.19 bits per heavy atom. The van der Waals surface area contributed by atoms with Crippen molar-refractivity contribution in [2.45, 2.75) is 36.9 Å². The highest BCUT2D eigenvalue weighted by molar-refractivity contribution is 7.92. The summed E-state index contributed by atoms with van der Waals surface area (Å²) in [5.74, 6) is -0.135. The minimum absolute atomic E-state index is 0.0314. The third-order valence-corrected chi connectivity index (χ3v) is 8.55. The first kappa shape index (κ1) is 17.3. The lowest BCUT2D eigenvalue weighted by Gasteiger charge is -2.44. The van der Waals surface area contributed by atoms with E-state index in [-0.39, 0.29) is 30.4 Å². The van der Waals surface area contributed by atoms with Crippen molar-refractivity contribution in [1.82, 2.24) is 14.5 Å². The van der Waals surface area contributed by atoms with Crippen LogP contribution in [0.1, 0.15) is 42.5 Å². The van der Waals surface area contributed by atoms with Gasteiger partial charge in [-0.2, -0.15) is 0 Å². The summed E-state index contributed by atoms with van der Waals surface area (Å²) in [6.45, 7) is 0.505. The van der Waals surface area contributed by atoms with Crippen LogP contribution < -0.4 is 5.69 Å². The van der Waals surface area contributed by atoms with Crippen LogP contribution in [0.25, 0.3) is 11.0 Å². The fourth-order valence-corrected chi connectivity index (χ4v) is 6.51. The van der Waals surface area contributed by atoms with Gasteiger partial charge >= 0.3 is 5.69 Å². The van der Waals surface area contributed by atoms with Gasteiger partial charge in [0.1, 0.15) is 0 Å². The van der Waals surface area contributed by atoms with E-state index in [1.54, 1.807) is 30.1 Å². The quantitative estimate of drug-likeness (QED) is 0.814. The number of hydrogen-bond acceptors (Lipinski definition) is 4. The summed E-state index contributed by atoms with van der Waals surface area (Å²) in [6.07, 6.45) is 4.15. The van der Waals surface area contributed by atoms with Crippen molar-refractivity contribution in [2.75, 3.05) is 18.8 Å². The highest BCUT2D eigenvalue weighted by atomic mass is 32.2. The predicted molar refractivity (Wildman–Crippen MR) is 99.0 cm³/mol. The van der Waals surface area contributed by atoms with Crippen LogP contribution in [-0.4, -0.2) is 52.4 Å². The molecule has 2 fully saturated rings. The fourth-order valence-electron chi connectivity index (χ4n) is 4.35. The van der Waals surface area contributed by atoms with Crippen molar-refractivity contribution >= 4 is 26.8 Å². The number of sulfone groups is 1. The maximum atomic E-state index is 13.0. The molecule has 26 heavy (non-hydrogen) atoms. The summed E-state index contributed by atoms with van der Waals surface area (Å²) >= 11 is 0. The average molecular weight is 377 g/mol. The second kappa shape index (κ2) is 5.97. The van der Waals surface area contributed by atoms with Crippen LogP contribution in [0.3, 0.4) is 0 Å². The minimum atomic E-state index is -3.18. The molecule has 1 spiro atoms. The Balaban J connectivity index is 1.66. The molecule has 1 saturated carbocycles. The number of rotatable bonds is 1. The summed E-state index contributed by atoms with van der Waals surface area (Å²) in [4.78, 5) is 29.2. The molecule has 1 amide bonds. The lowest BCUT2D eigenvalue weighted by atomic mass is 9.87. The number of fused-ring (bicyclic) bond motifs is 1. The number of imidazole rings is 1. The Kier molecular flexibility index (Phi) is 3.98. The molecule has 7 nitrogen and oxygen atoms in total. The highest BCUT2D eigenvalue weighted by Crippen LogP contribution is 2.39. The Hall–Kier alpha value is -2.09. The van der Waals surface area contributed by atoms with Crippen molar-refractivity contribution < 1.29 is 13.2 Å². The monoisotopic (exact) mass is 377 g/mol. The van der Waals surface area contributed by atoms with Gasteiger partial charge in [-0.25, -0.2) is 13.2 Å². The second-order valence-electron chi connectivity index (χ2n) is 7.51. The molecular weight excluding hydrogens is 354 g/mol. The minimum Gasteiger partial charge on any atom is -0.336 e. The van der Waals surface area contributed by atoms with Gasteiger partial charge in [0, 0.05) is 25.7 Å². The molecule has 1 aliphatic carbocycles. The third kappa shape index (κ3) is 2.58. The Labute approximate surface area is 151 Å². The van der Waals surface area contributed by atoms with Gasteiger partial charge in [-0.1, -0.05) is 19.3 Å². The first-order chi connectivity index (χ1) is 12.3. The summed E-state index contributed by atoms with van der Waals surface area (Å²) < 4.78 is 26.1. The van der Waals surface area contributed by atoms with Crippen molar-refractivity contribution in [3.8, 4) is 0 Å². The molecule has 1 saturated heterocycles. The largest absolute Gasteiger partial charge is 0.336 e. The number of H-pyrrole nitrogens is 1. The van der Waals surface area contributed by atoms with Crippen molar-refractivity contribution in [2.24, 2.45) is 7.05 Å². The van der Waals surface area contributed by atoms with Gasteiger partial charge in [0.05, 0.1) is 21.5 Å². The predicted octanol–water partition coefficient (Wildman–Crippen LogP) is 1.44. The number of aryl methyl sites for hydroxylation is 1. The lowest BCUT2D eigenvalue weighted by Crippen LogP contribution is -2.58. The molecule has 1 aromatic heterocycles. The summed E-state index contributed by atoms with van der Waals surface area (Å²) in [6, 6.07) is 5.12. The molecule has 2 aliphatic rings. The summed E-state index contributed by atoms with van der Waals surface area (Å²) in [5.41, 5.74) is 1.60. The van der Waals surface area contributed by atoms with Crippen LogP contribution in [0.2, 0.25) is 0 Å². The van der Waals surface area contributed by atoms with Crippen LogP contribution in [-0.2, 0) is 16.9 Å². The molecular formula is C18H23N3O4S. The molecule has 1 aromatic carbocycles. The van der Waals surface area contributed by atoms with Gasteiger partial charge in [-0.05, 0) is 31.0 Å². The van der Waals surface area contributed by atoms with Gasteiger partial charge in [0.15, 0.2) is 9.84 Å². The van der Waals surface area contributed by atoms with E-state index in [9.17, 15) is 18.0 Å². The fraction of sp³-hybridized carbons (Fsp3) is 0.556. The topological polar surface area (TPSA) is 92.2 Å². The van der Waals surface area contributed by atoms with E-state index >= 15 is 0 Å². The second-order valence-corrected chi connectivity index (χ2v) is 10.0. The van der Waals surface area contributed by atoms with Gasteiger partial charge in [-0.15, -0.1) is 0 Å². The number of nitrogens with zero attached hydrogens (tertiary/aromatic N) is 2. The third-order valence-electron chi connectivity index (χ3n) is 5.97. The maximum Gasteiger partial charge on any atom is 0.326 e. The van der Waals surface area contributed by atoms with E-state index in [1.165, 1.54) is 4.57 Å². The number of nitrogens with one attached hydrogen (secondary N) is 1. The van der Waals surface area contributed by atoms with Gasteiger partial charge in [0.25, 0.3) is 5.91 Å². The Morgan fingerprint density at radius 2 is 1.92 bits per heavy atom. The zero-order valence-corrected chi connectivity index (χ0v) is 15.6. The molecule has 2 heterocycles. The molecule has 1 N–H and O–H groups in total. The smallest absolute Gasteiger partial charge is 0.326 e. The number of benzene rings is 1. The number of carbonyl (C=O) groups is 1. The molecule has 0 unspecified atom stereocenters. The van der Waals surface area contributed by atoms with Crippen LogP contribution in [0.5, 0.6) is 0 Å². The molecule has 8 heteroatoms. The zero-order valence-electron chi connectivity index (χ0n) is 14.8. The summed E-state index contributed by atoms with van der Waals surface area (Å²) in [7, 11) is -1.52. The van der Waals surface area contributed by atoms with Crippen molar-refractivity contribution in [3.63, 3.8) is 0 Å². The van der Waals surface area contributed by atoms with Crippen molar-refractivity contribution in [3.05, 3.63) is 34.2 Å². The van der Waals surface area contributed by atoms with Gasteiger partial charge in [-0.3, -0.25) is 9.36 Å². The van der Waals surface area contributed by atoms with Crippen molar-refractivity contribution in [1.29, 1.82) is 0 Å². The zero-order chi connectivity index (χ0) is 18.5.